The van der Waals surface area contributed by atoms with E-state index in [-0.39, 0.29) is 0 Å². The van der Waals surface area contributed by atoms with Gasteiger partial charge in [-0.3, -0.25) is 0 Å². The molecule has 1 aromatic rings. The van der Waals surface area contributed by atoms with Crippen LogP contribution >= 0.6 is 0 Å². The first kappa shape index (κ1) is 14.4. The summed E-state index contributed by atoms with van der Waals surface area (Å²) >= 11 is 0. The highest BCUT2D eigenvalue weighted by molar-refractivity contribution is 5.27. The van der Waals surface area contributed by atoms with Crippen LogP contribution in [0.2, 0.25) is 0 Å². The van der Waals surface area contributed by atoms with Crippen LogP contribution in [0.5, 0.6) is 5.75 Å². The van der Waals surface area contributed by atoms with Gasteiger partial charge in [-0.05, 0) is 30.5 Å². The number of ether oxygens (including phenoxy) is 2. The van der Waals surface area contributed by atoms with Crippen molar-refractivity contribution in [3.05, 3.63) is 29.8 Å². The molecule has 2 nitrogen and oxygen atoms in total. The summed E-state index contributed by atoms with van der Waals surface area (Å²) in [5, 5.41) is 0. The fraction of sp³-hybridized carbons (Fsp3) is 0.647. The Morgan fingerprint density at radius 1 is 1.05 bits per heavy atom. The molecule has 0 saturated carbocycles. The highest BCUT2D eigenvalue weighted by Crippen LogP contribution is 2.17. The molecule has 0 aromatic heterocycles. The monoisotopic (exact) mass is 262 g/mol. The van der Waals surface area contributed by atoms with E-state index in [0.717, 1.165) is 12.4 Å². The van der Waals surface area contributed by atoms with Crippen LogP contribution in [0.3, 0.4) is 0 Å². The van der Waals surface area contributed by atoms with Crippen molar-refractivity contribution >= 4 is 0 Å². The smallest absolute Gasteiger partial charge is 0.119 e. The molecule has 0 unspecified atom stereocenters. The Kier molecular flexibility index (Phi) is 6.22. The van der Waals surface area contributed by atoms with Gasteiger partial charge in [-0.2, -0.15) is 0 Å². The van der Waals surface area contributed by atoms with E-state index < -0.39 is 0 Å². The van der Waals surface area contributed by atoms with Crippen LogP contribution in [0.15, 0.2) is 24.3 Å². The Hall–Kier alpha value is -1.02. The molecule has 0 spiro atoms. The number of epoxide rings is 1. The largest absolute Gasteiger partial charge is 0.491 e. The van der Waals surface area contributed by atoms with Crippen molar-refractivity contribution in [3.8, 4) is 5.75 Å². The number of hydrogen-bond donors (Lipinski definition) is 0. The van der Waals surface area contributed by atoms with Gasteiger partial charge < -0.3 is 9.47 Å². The maximum absolute atomic E-state index is 5.63. The second-order valence-corrected chi connectivity index (χ2v) is 5.43. The lowest BCUT2D eigenvalue weighted by atomic mass is 10.0. The third-order valence-corrected chi connectivity index (χ3v) is 3.58. The average molecular weight is 262 g/mol. The van der Waals surface area contributed by atoms with Gasteiger partial charge in [-0.15, -0.1) is 0 Å². The van der Waals surface area contributed by atoms with Crippen LogP contribution in [0.1, 0.15) is 51.0 Å². The minimum Gasteiger partial charge on any atom is -0.491 e. The third kappa shape index (κ3) is 6.11. The summed E-state index contributed by atoms with van der Waals surface area (Å²) in [6.07, 6.45) is 9.69. The van der Waals surface area contributed by atoms with E-state index >= 15 is 0 Å². The van der Waals surface area contributed by atoms with E-state index in [1.54, 1.807) is 0 Å². The van der Waals surface area contributed by atoms with Crippen molar-refractivity contribution in [2.45, 2.75) is 58.0 Å². The lowest BCUT2D eigenvalue weighted by Gasteiger charge is -2.06. The van der Waals surface area contributed by atoms with Crippen molar-refractivity contribution in [2.75, 3.05) is 13.2 Å². The third-order valence-electron chi connectivity index (χ3n) is 3.58. The minimum absolute atomic E-state index is 0.336. The Morgan fingerprint density at radius 3 is 2.42 bits per heavy atom. The maximum atomic E-state index is 5.63. The fourth-order valence-corrected chi connectivity index (χ4v) is 2.22. The molecule has 1 fully saturated rings. The van der Waals surface area contributed by atoms with Crippen LogP contribution in [0.25, 0.3) is 0 Å². The molecule has 2 rings (SSSR count). The van der Waals surface area contributed by atoms with Crippen LogP contribution in [0, 0.1) is 0 Å². The number of aryl methyl sites for hydroxylation is 1. The molecule has 2 heteroatoms. The summed E-state index contributed by atoms with van der Waals surface area (Å²) in [7, 11) is 0. The quantitative estimate of drug-likeness (QED) is 0.461. The predicted molar refractivity (Wildman–Crippen MR) is 78.8 cm³/mol. The lowest BCUT2D eigenvalue weighted by Crippen LogP contribution is -2.03. The Morgan fingerprint density at radius 2 is 1.74 bits per heavy atom. The van der Waals surface area contributed by atoms with Gasteiger partial charge in [0, 0.05) is 0 Å². The normalized spacial score (nSPS) is 17.4. The summed E-state index contributed by atoms with van der Waals surface area (Å²) in [5.41, 5.74) is 1.42. The minimum atomic E-state index is 0.336. The lowest BCUT2D eigenvalue weighted by molar-refractivity contribution is 0.263. The van der Waals surface area contributed by atoms with Gasteiger partial charge in [0.1, 0.15) is 18.5 Å². The van der Waals surface area contributed by atoms with Crippen molar-refractivity contribution in [1.29, 1.82) is 0 Å². The van der Waals surface area contributed by atoms with Crippen LogP contribution < -0.4 is 4.74 Å². The zero-order chi connectivity index (χ0) is 13.3. The van der Waals surface area contributed by atoms with Gasteiger partial charge in [-0.25, -0.2) is 0 Å². The van der Waals surface area contributed by atoms with Crippen LogP contribution in [0.4, 0.5) is 0 Å². The van der Waals surface area contributed by atoms with E-state index in [0.29, 0.717) is 12.7 Å². The Balaban J connectivity index is 1.58. The van der Waals surface area contributed by atoms with E-state index in [1.807, 2.05) is 0 Å². The maximum Gasteiger partial charge on any atom is 0.119 e. The van der Waals surface area contributed by atoms with Crippen molar-refractivity contribution < 1.29 is 9.47 Å². The van der Waals surface area contributed by atoms with Crippen molar-refractivity contribution in [1.82, 2.24) is 0 Å². The summed E-state index contributed by atoms with van der Waals surface area (Å²) in [6.45, 7) is 3.81. The molecule has 0 amide bonds. The molecule has 106 valence electrons. The summed E-state index contributed by atoms with van der Waals surface area (Å²) in [5.74, 6) is 0.960. The first-order valence-corrected chi connectivity index (χ1v) is 7.72. The molecule has 0 N–H and O–H groups in total. The van der Waals surface area contributed by atoms with Crippen LogP contribution in [-0.2, 0) is 11.2 Å². The van der Waals surface area contributed by atoms with E-state index in [9.17, 15) is 0 Å². The highest BCUT2D eigenvalue weighted by atomic mass is 16.6. The molecule has 0 radical (unpaired) electrons. The first-order valence-electron chi connectivity index (χ1n) is 7.72. The van der Waals surface area contributed by atoms with Gasteiger partial charge in [0.15, 0.2) is 0 Å². The van der Waals surface area contributed by atoms with Gasteiger partial charge in [0.25, 0.3) is 0 Å². The average Bonchev–Trinajstić information content (AvgIpc) is 3.26. The van der Waals surface area contributed by atoms with Gasteiger partial charge >= 0.3 is 0 Å². The van der Waals surface area contributed by atoms with Gasteiger partial charge in [-0.1, -0.05) is 51.2 Å². The molecular formula is C17H26O2. The molecule has 1 atom stereocenters. The predicted octanol–water partition coefficient (Wildman–Crippen LogP) is 4.37. The first-order chi connectivity index (χ1) is 9.38. The number of unbranched alkanes of at least 4 members (excludes halogenated alkanes) is 5. The van der Waals surface area contributed by atoms with E-state index in [1.165, 1.54) is 50.5 Å². The molecule has 1 heterocycles. The van der Waals surface area contributed by atoms with Crippen molar-refractivity contribution in [2.24, 2.45) is 0 Å². The molecule has 19 heavy (non-hydrogen) atoms. The molecular weight excluding hydrogens is 236 g/mol. The molecule has 1 aromatic carbocycles. The number of benzene rings is 1. The van der Waals surface area contributed by atoms with Gasteiger partial charge in [0.05, 0.1) is 6.61 Å². The molecule has 0 bridgehead atoms. The summed E-state index contributed by atoms with van der Waals surface area (Å²) in [4.78, 5) is 0. The summed E-state index contributed by atoms with van der Waals surface area (Å²) in [6, 6.07) is 8.54. The van der Waals surface area contributed by atoms with E-state index in [4.69, 9.17) is 9.47 Å². The van der Waals surface area contributed by atoms with Crippen molar-refractivity contribution in [3.63, 3.8) is 0 Å². The number of hydrogen-bond acceptors (Lipinski definition) is 2. The molecule has 1 saturated heterocycles. The highest BCUT2D eigenvalue weighted by Gasteiger charge is 2.22. The standard InChI is InChI=1S/C17H26O2/c1-2-3-4-5-6-7-8-15-9-11-16(12-10-15)18-13-17-14-19-17/h9-12,17H,2-8,13-14H2,1H3/t17-/m0/s1. The van der Waals surface area contributed by atoms with Crippen LogP contribution in [-0.4, -0.2) is 19.3 Å². The topological polar surface area (TPSA) is 21.8 Å². The van der Waals surface area contributed by atoms with Gasteiger partial charge in [0.2, 0.25) is 0 Å². The summed E-state index contributed by atoms with van der Waals surface area (Å²) < 4.78 is 10.8. The van der Waals surface area contributed by atoms with E-state index in [2.05, 4.69) is 31.2 Å². The molecule has 0 aliphatic carbocycles. The Labute approximate surface area is 117 Å². The SMILES string of the molecule is CCCCCCCCc1ccc(OC[C@H]2CO2)cc1. The zero-order valence-electron chi connectivity index (χ0n) is 12.1. The molecule has 1 aliphatic rings. The second-order valence-electron chi connectivity index (χ2n) is 5.43. The Bertz CT molecular complexity index is 341. The fourth-order valence-electron chi connectivity index (χ4n) is 2.22. The molecule has 1 aliphatic heterocycles. The zero-order valence-corrected chi connectivity index (χ0v) is 12.1. The number of rotatable bonds is 10. The second kappa shape index (κ2) is 8.21.